The van der Waals surface area contributed by atoms with E-state index in [0.717, 1.165) is 18.4 Å². The second-order valence-corrected chi connectivity index (χ2v) is 11.4. The second-order valence-electron chi connectivity index (χ2n) is 10.6. The molecule has 0 saturated heterocycles. The highest BCUT2D eigenvalue weighted by Crippen LogP contribution is 2.69. The number of carbonyl (C=O) groups excluding carboxylic acids is 4. The van der Waals surface area contributed by atoms with Crippen LogP contribution in [0.1, 0.15) is 72.6 Å². The topological polar surface area (TPSA) is 77.5 Å². The molecule has 5 nitrogen and oxygen atoms in total. The summed E-state index contributed by atoms with van der Waals surface area (Å²) < 4.78 is 19.3. The van der Waals surface area contributed by atoms with Crippen LogP contribution in [0.25, 0.3) is 0 Å². The highest BCUT2D eigenvalue weighted by Gasteiger charge is 2.72. The molecule has 7 atom stereocenters. The maximum atomic E-state index is 13.4. The summed E-state index contributed by atoms with van der Waals surface area (Å²) in [5, 5.41) is -0.389. The number of halogens is 1. The second kappa shape index (κ2) is 8.07. The van der Waals surface area contributed by atoms with Gasteiger partial charge in [0.2, 0.25) is 5.12 Å². The first-order valence-electron chi connectivity index (χ1n) is 11.8. The van der Waals surface area contributed by atoms with Crippen molar-refractivity contribution >= 4 is 34.4 Å². The molecule has 32 heavy (non-hydrogen) atoms. The minimum Gasteiger partial charge on any atom is -0.449 e. The van der Waals surface area contributed by atoms with Gasteiger partial charge in [0.25, 0.3) is 0 Å². The lowest BCUT2D eigenvalue weighted by molar-refractivity contribution is -0.190. The summed E-state index contributed by atoms with van der Waals surface area (Å²) in [7, 11) is 0. The lowest BCUT2D eigenvalue weighted by Gasteiger charge is -2.58. The average molecular weight is 465 g/mol. The highest BCUT2D eigenvalue weighted by molar-refractivity contribution is 8.13. The number of ketones is 2. The van der Waals surface area contributed by atoms with Crippen molar-refractivity contribution < 1.29 is 28.3 Å². The lowest BCUT2D eigenvalue weighted by atomic mass is 9.46. The van der Waals surface area contributed by atoms with E-state index in [1.807, 2.05) is 20.8 Å². The first-order chi connectivity index (χ1) is 15.1. The predicted molar refractivity (Wildman–Crippen MR) is 119 cm³/mol. The molecule has 4 aliphatic carbocycles. The zero-order valence-electron chi connectivity index (χ0n) is 19.4. The molecule has 0 heterocycles. The Morgan fingerprint density at radius 1 is 1.22 bits per heavy atom. The number of hydrogen-bond donors (Lipinski definition) is 0. The number of fused-ring (bicyclic) bond motifs is 5. The molecule has 0 aromatic rings. The number of allylic oxidation sites excluding steroid dienone is 1. The van der Waals surface area contributed by atoms with Gasteiger partial charge in [-0.2, -0.15) is 0 Å². The standard InChI is InChI=1S/C25H33FO5S/c1-5-21(29)31-25(22(30)32-13-26)14(2)10-19-17-7-6-15-11-16(27)12-20(28)24(15,4)18(17)8-9-23(19,25)3/h11,14,17-19H,5-10,12-13H2,1-4H3/t14?,17-,18+,19+,23+,24+,25?/m1/s1. The number of carbonyl (C=O) groups is 4. The van der Waals surface area contributed by atoms with Crippen molar-refractivity contribution in [3.63, 3.8) is 0 Å². The van der Waals surface area contributed by atoms with Gasteiger partial charge >= 0.3 is 5.97 Å². The number of hydrogen-bond acceptors (Lipinski definition) is 6. The van der Waals surface area contributed by atoms with Crippen LogP contribution < -0.4 is 0 Å². The van der Waals surface area contributed by atoms with Gasteiger partial charge in [-0.25, -0.2) is 4.39 Å². The van der Waals surface area contributed by atoms with Crippen molar-refractivity contribution in [2.75, 3.05) is 6.01 Å². The molecule has 0 N–H and O–H groups in total. The Balaban J connectivity index is 1.76. The predicted octanol–water partition coefficient (Wildman–Crippen LogP) is 4.82. The van der Waals surface area contributed by atoms with Gasteiger partial charge in [0.1, 0.15) is 6.01 Å². The Labute approximate surface area is 193 Å². The summed E-state index contributed by atoms with van der Waals surface area (Å²) in [4.78, 5) is 51.0. The van der Waals surface area contributed by atoms with E-state index in [2.05, 4.69) is 0 Å². The van der Waals surface area contributed by atoms with Crippen LogP contribution in [0.2, 0.25) is 0 Å². The Kier molecular flexibility index (Phi) is 5.96. The van der Waals surface area contributed by atoms with E-state index in [1.54, 1.807) is 13.0 Å². The SMILES string of the molecule is CCC(=O)OC1(C(=O)SCF)C(C)C[C@H]2[C@@H]3CCC4=CC(=O)CC(=O)[C@]4(C)[C@H]3CC[C@@]21C. The van der Waals surface area contributed by atoms with Crippen LogP contribution in [0, 0.1) is 34.5 Å². The quantitative estimate of drug-likeness (QED) is 0.438. The molecule has 7 heteroatoms. The number of ether oxygens (including phenoxy) is 1. The van der Waals surface area contributed by atoms with Crippen LogP contribution in [-0.4, -0.2) is 34.3 Å². The van der Waals surface area contributed by atoms with Crippen LogP contribution in [0.5, 0.6) is 0 Å². The molecule has 0 aromatic heterocycles. The monoisotopic (exact) mass is 464 g/mol. The van der Waals surface area contributed by atoms with E-state index in [-0.39, 0.29) is 53.2 Å². The third-order valence-electron chi connectivity index (χ3n) is 9.43. The molecule has 0 spiro atoms. The molecule has 0 radical (unpaired) electrons. The van der Waals surface area contributed by atoms with Gasteiger partial charge < -0.3 is 4.74 Å². The summed E-state index contributed by atoms with van der Waals surface area (Å²) in [5.74, 6) is -0.362. The minimum atomic E-state index is -1.35. The smallest absolute Gasteiger partial charge is 0.306 e. The number of alkyl halides is 1. The fraction of sp³-hybridized carbons (Fsp3) is 0.760. The fourth-order valence-electron chi connectivity index (χ4n) is 7.85. The minimum absolute atomic E-state index is 0.0112. The maximum Gasteiger partial charge on any atom is 0.306 e. The van der Waals surface area contributed by atoms with E-state index in [0.29, 0.717) is 31.0 Å². The van der Waals surface area contributed by atoms with Gasteiger partial charge in [-0.05, 0) is 74.6 Å². The number of rotatable bonds is 4. The molecule has 0 amide bonds. The highest BCUT2D eigenvalue weighted by atomic mass is 32.2. The van der Waals surface area contributed by atoms with Crippen LogP contribution >= 0.6 is 11.8 Å². The van der Waals surface area contributed by atoms with Gasteiger partial charge in [-0.3, -0.25) is 19.2 Å². The Hall–Kier alpha value is -1.50. The Morgan fingerprint density at radius 2 is 1.94 bits per heavy atom. The molecule has 2 unspecified atom stereocenters. The Bertz CT molecular complexity index is 899. The third kappa shape index (κ3) is 3.02. The molecule has 4 aliphatic rings. The fourth-order valence-corrected chi connectivity index (χ4v) is 8.64. The van der Waals surface area contributed by atoms with E-state index in [9.17, 15) is 23.6 Å². The van der Waals surface area contributed by atoms with Crippen LogP contribution in [0.3, 0.4) is 0 Å². The average Bonchev–Trinajstić information content (AvgIpc) is 2.97. The molecule has 3 saturated carbocycles. The molecule has 3 fully saturated rings. The number of Topliss-reactive ketones (excluding diaryl/α,β-unsaturated/α-hetero) is 1. The number of esters is 1. The zero-order valence-corrected chi connectivity index (χ0v) is 20.2. The van der Waals surface area contributed by atoms with E-state index in [1.165, 1.54) is 0 Å². The van der Waals surface area contributed by atoms with Crippen molar-refractivity contribution in [3.8, 4) is 0 Å². The van der Waals surface area contributed by atoms with Gasteiger partial charge in [0.05, 0.1) is 11.8 Å². The molecular formula is C25H33FO5S. The van der Waals surface area contributed by atoms with Crippen molar-refractivity contribution in [1.82, 2.24) is 0 Å². The van der Waals surface area contributed by atoms with Crippen LogP contribution in [0.15, 0.2) is 11.6 Å². The molecule has 0 aliphatic heterocycles. The van der Waals surface area contributed by atoms with Crippen molar-refractivity contribution in [1.29, 1.82) is 0 Å². The third-order valence-corrected chi connectivity index (χ3v) is 10.1. The van der Waals surface area contributed by atoms with Crippen LogP contribution in [0.4, 0.5) is 4.39 Å². The van der Waals surface area contributed by atoms with Crippen molar-refractivity contribution in [3.05, 3.63) is 11.6 Å². The summed E-state index contributed by atoms with van der Waals surface area (Å²) >= 11 is 0.602. The van der Waals surface area contributed by atoms with Crippen LogP contribution in [-0.2, 0) is 23.9 Å². The molecule has 4 rings (SSSR count). The largest absolute Gasteiger partial charge is 0.449 e. The van der Waals surface area contributed by atoms with Gasteiger partial charge in [-0.15, -0.1) is 0 Å². The summed E-state index contributed by atoms with van der Waals surface area (Å²) in [6.45, 7) is 7.68. The Morgan fingerprint density at radius 3 is 2.59 bits per heavy atom. The zero-order chi connectivity index (χ0) is 23.5. The first kappa shape index (κ1) is 23.7. The first-order valence-corrected chi connectivity index (χ1v) is 12.8. The summed E-state index contributed by atoms with van der Waals surface area (Å²) in [6.07, 6.45) is 5.41. The molecule has 0 bridgehead atoms. The molecule has 176 valence electrons. The van der Waals surface area contributed by atoms with E-state index < -0.39 is 28.4 Å². The lowest BCUT2D eigenvalue weighted by Crippen LogP contribution is -2.61. The normalized spacial score (nSPS) is 43.1. The van der Waals surface area contributed by atoms with E-state index >= 15 is 0 Å². The van der Waals surface area contributed by atoms with Gasteiger partial charge in [-0.1, -0.05) is 26.3 Å². The maximum absolute atomic E-state index is 13.4. The van der Waals surface area contributed by atoms with Gasteiger partial charge in [0.15, 0.2) is 17.2 Å². The van der Waals surface area contributed by atoms with Crippen molar-refractivity contribution in [2.45, 2.75) is 78.2 Å². The van der Waals surface area contributed by atoms with Gasteiger partial charge in [0, 0.05) is 17.8 Å². The molecular weight excluding hydrogens is 431 g/mol. The van der Waals surface area contributed by atoms with E-state index in [4.69, 9.17) is 4.74 Å². The summed E-state index contributed by atoms with van der Waals surface area (Å²) in [5.41, 5.74) is -1.63. The van der Waals surface area contributed by atoms with Crippen molar-refractivity contribution in [2.24, 2.45) is 34.5 Å². The number of thioether (sulfide) groups is 1. The summed E-state index contributed by atoms with van der Waals surface area (Å²) in [6, 6.07) is -0.849. The molecule has 0 aromatic carbocycles.